The summed E-state index contributed by atoms with van der Waals surface area (Å²) in [4.78, 5) is 4.84. The van der Waals surface area contributed by atoms with E-state index in [1.165, 1.54) is 5.69 Å². The Morgan fingerprint density at radius 3 is 2.37 bits per heavy atom. The number of alkyl halides is 1. The molecule has 0 saturated carbocycles. The third-order valence-electron chi connectivity index (χ3n) is 3.45. The molecule has 0 bridgehead atoms. The second-order valence-electron chi connectivity index (χ2n) is 4.86. The molecule has 0 N–H and O–H groups in total. The Balaban J connectivity index is 1.85. The van der Waals surface area contributed by atoms with Gasteiger partial charge in [0.1, 0.15) is 5.75 Å². The lowest BCUT2D eigenvalue weighted by Crippen LogP contribution is -2.46. The van der Waals surface area contributed by atoms with Gasteiger partial charge in [0.2, 0.25) is 0 Å². The summed E-state index contributed by atoms with van der Waals surface area (Å²) in [5.74, 6) is 1.69. The molecule has 2 rings (SSSR count). The number of rotatable bonds is 6. The van der Waals surface area contributed by atoms with Crippen LogP contribution in [0.25, 0.3) is 0 Å². The maximum absolute atomic E-state index is 5.78. The maximum Gasteiger partial charge on any atom is 0.119 e. The van der Waals surface area contributed by atoms with Gasteiger partial charge in [0, 0.05) is 44.3 Å². The summed E-state index contributed by atoms with van der Waals surface area (Å²) in [6.07, 6.45) is 1.05. The van der Waals surface area contributed by atoms with Crippen LogP contribution in [0.1, 0.15) is 13.3 Å². The summed E-state index contributed by atoms with van der Waals surface area (Å²) >= 11 is 5.78. The van der Waals surface area contributed by atoms with Crippen LogP contribution in [-0.4, -0.2) is 50.1 Å². The van der Waals surface area contributed by atoms with Crippen molar-refractivity contribution in [3.8, 4) is 5.75 Å². The molecule has 3 nitrogen and oxygen atoms in total. The fourth-order valence-corrected chi connectivity index (χ4v) is 2.56. The average Bonchev–Trinajstić information content (AvgIpc) is 2.47. The van der Waals surface area contributed by atoms with Crippen LogP contribution in [0.15, 0.2) is 24.3 Å². The standard InChI is InChI=1S/C15H23ClN2O/c1-2-13-19-15-5-3-14(4-6-15)18-11-9-17(8-7-16)10-12-18/h3-6H,2,7-13H2,1H3. The first-order valence-electron chi connectivity index (χ1n) is 7.09. The van der Waals surface area contributed by atoms with E-state index in [4.69, 9.17) is 16.3 Å². The average molecular weight is 283 g/mol. The second-order valence-corrected chi connectivity index (χ2v) is 5.24. The lowest BCUT2D eigenvalue weighted by Gasteiger charge is -2.35. The number of benzene rings is 1. The minimum atomic E-state index is 0.726. The summed E-state index contributed by atoms with van der Waals surface area (Å²) in [5, 5.41) is 0. The molecule has 1 heterocycles. The van der Waals surface area contributed by atoms with Crippen LogP contribution >= 0.6 is 11.6 Å². The van der Waals surface area contributed by atoms with Crippen LogP contribution in [0.2, 0.25) is 0 Å². The molecule has 1 fully saturated rings. The zero-order chi connectivity index (χ0) is 13.5. The maximum atomic E-state index is 5.78. The Morgan fingerprint density at radius 2 is 1.79 bits per heavy atom. The Morgan fingerprint density at radius 1 is 1.11 bits per heavy atom. The van der Waals surface area contributed by atoms with Gasteiger partial charge in [-0.3, -0.25) is 4.90 Å². The normalized spacial score (nSPS) is 16.6. The van der Waals surface area contributed by atoms with Gasteiger partial charge in [-0.25, -0.2) is 0 Å². The lowest BCUT2D eigenvalue weighted by molar-refractivity contribution is 0.272. The zero-order valence-electron chi connectivity index (χ0n) is 11.6. The summed E-state index contributed by atoms with van der Waals surface area (Å²) in [6.45, 7) is 8.25. The molecule has 0 atom stereocenters. The largest absolute Gasteiger partial charge is 0.494 e. The highest BCUT2D eigenvalue weighted by atomic mass is 35.5. The second kappa shape index (κ2) is 7.61. The first kappa shape index (κ1) is 14.5. The van der Waals surface area contributed by atoms with Crippen molar-refractivity contribution >= 4 is 17.3 Å². The summed E-state index contributed by atoms with van der Waals surface area (Å²) < 4.78 is 5.61. The summed E-state index contributed by atoms with van der Waals surface area (Å²) in [5.41, 5.74) is 1.29. The minimum Gasteiger partial charge on any atom is -0.494 e. The molecule has 19 heavy (non-hydrogen) atoms. The molecule has 0 spiro atoms. The number of nitrogens with zero attached hydrogens (tertiary/aromatic N) is 2. The zero-order valence-corrected chi connectivity index (χ0v) is 12.4. The van der Waals surface area contributed by atoms with Crippen molar-refractivity contribution in [2.24, 2.45) is 0 Å². The van der Waals surface area contributed by atoms with E-state index in [1.807, 2.05) is 0 Å². The molecule has 4 heteroatoms. The number of anilines is 1. The van der Waals surface area contributed by atoms with Gasteiger partial charge in [-0.15, -0.1) is 11.6 Å². The first-order valence-corrected chi connectivity index (χ1v) is 7.63. The van der Waals surface area contributed by atoms with Crippen LogP contribution in [0.5, 0.6) is 5.75 Å². The van der Waals surface area contributed by atoms with Gasteiger partial charge < -0.3 is 9.64 Å². The van der Waals surface area contributed by atoms with Gasteiger partial charge in [0.15, 0.2) is 0 Å². The molecule has 1 aromatic rings. The Labute approximate surface area is 121 Å². The molecule has 0 amide bonds. The van der Waals surface area contributed by atoms with Crippen LogP contribution in [-0.2, 0) is 0 Å². The van der Waals surface area contributed by atoms with E-state index in [0.29, 0.717) is 0 Å². The molecule has 106 valence electrons. The number of hydrogen-bond donors (Lipinski definition) is 0. The van der Waals surface area contributed by atoms with Crippen LogP contribution < -0.4 is 9.64 Å². The molecule has 1 aliphatic heterocycles. The molecule has 0 unspecified atom stereocenters. The smallest absolute Gasteiger partial charge is 0.119 e. The predicted octanol–water partition coefficient (Wildman–Crippen LogP) is 2.84. The topological polar surface area (TPSA) is 15.7 Å². The van der Waals surface area contributed by atoms with Gasteiger partial charge >= 0.3 is 0 Å². The molecular weight excluding hydrogens is 260 g/mol. The summed E-state index contributed by atoms with van der Waals surface area (Å²) in [6, 6.07) is 8.44. The number of hydrogen-bond acceptors (Lipinski definition) is 3. The highest BCUT2D eigenvalue weighted by Crippen LogP contribution is 2.20. The van der Waals surface area contributed by atoms with Gasteiger partial charge in [-0.1, -0.05) is 6.92 Å². The van der Waals surface area contributed by atoms with Crippen LogP contribution in [0.4, 0.5) is 5.69 Å². The van der Waals surface area contributed by atoms with Crippen LogP contribution in [0, 0.1) is 0 Å². The SMILES string of the molecule is CCCOc1ccc(N2CCN(CCCl)CC2)cc1. The molecule has 0 aromatic heterocycles. The van der Waals surface area contributed by atoms with Crippen molar-refractivity contribution in [2.45, 2.75) is 13.3 Å². The van der Waals surface area contributed by atoms with Gasteiger partial charge in [0.05, 0.1) is 6.61 Å². The van der Waals surface area contributed by atoms with Gasteiger partial charge in [-0.05, 0) is 30.7 Å². The van der Waals surface area contributed by atoms with E-state index < -0.39 is 0 Å². The van der Waals surface area contributed by atoms with E-state index in [9.17, 15) is 0 Å². The van der Waals surface area contributed by atoms with Crippen molar-refractivity contribution in [1.29, 1.82) is 0 Å². The van der Waals surface area contributed by atoms with E-state index >= 15 is 0 Å². The fourth-order valence-electron chi connectivity index (χ4n) is 2.32. The van der Waals surface area contributed by atoms with Gasteiger partial charge in [-0.2, -0.15) is 0 Å². The van der Waals surface area contributed by atoms with Crippen molar-refractivity contribution in [1.82, 2.24) is 4.90 Å². The molecule has 1 aliphatic rings. The van der Waals surface area contributed by atoms with E-state index in [-0.39, 0.29) is 0 Å². The molecule has 0 radical (unpaired) electrons. The van der Waals surface area contributed by atoms with Crippen LogP contribution in [0.3, 0.4) is 0 Å². The Kier molecular flexibility index (Phi) is 5.80. The van der Waals surface area contributed by atoms with Gasteiger partial charge in [0.25, 0.3) is 0 Å². The highest BCUT2D eigenvalue weighted by Gasteiger charge is 2.16. The minimum absolute atomic E-state index is 0.726. The Bertz CT molecular complexity index is 361. The molecule has 0 aliphatic carbocycles. The molecular formula is C15H23ClN2O. The highest BCUT2D eigenvalue weighted by molar-refractivity contribution is 6.18. The monoisotopic (exact) mass is 282 g/mol. The molecule has 1 aromatic carbocycles. The predicted molar refractivity (Wildman–Crippen MR) is 81.6 cm³/mol. The third-order valence-corrected chi connectivity index (χ3v) is 3.62. The fraction of sp³-hybridized carbons (Fsp3) is 0.600. The van der Waals surface area contributed by atoms with Crippen molar-refractivity contribution < 1.29 is 4.74 Å². The number of ether oxygens (including phenoxy) is 1. The third kappa shape index (κ3) is 4.29. The quantitative estimate of drug-likeness (QED) is 0.746. The van der Waals surface area contributed by atoms with E-state index in [0.717, 1.165) is 57.4 Å². The van der Waals surface area contributed by atoms with Crippen molar-refractivity contribution in [2.75, 3.05) is 50.1 Å². The van der Waals surface area contributed by atoms with E-state index in [1.54, 1.807) is 0 Å². The first-order chi connectivity index (χ1) is 9.33. The Hall–Kier alpha value is -0.930. The van der Waals surface area contributed by atoms with Crippen molar-refractivity contribution in [3.05, 3.63) is 24.3 Å². The number of halogens is 1. The summed E-state index contributed by atoms with van der Waals surface area (Å²) in [7, 11) is 0. The van der Waals surface area contributed by atoms with Crippen molar-refractivity contribution in [3.63, 3.8) is 0 Å². The van der Waals surface area contributed by atoms with E-state index in [2.05, 4.69) is 41.0 Å². The lowest BCUT2D eigenvalue weighted by atomic mass is 10.2. The number of piperazine rings is 1. The molecule has 1 saturated heterocycles.